The SMILES string of the molecule is COc1ccc(C2CC(c3cccn3C)=NN2C(=O)CN(CCN2CCOCC2)C(=O)c2ccco2)cc1. The van der Waals surface area contributed by atoms with Crippen molar-refractivity contribution in [3.63, 3.8) is 0 Å². The molecule has 0 spiro atoms. The molecule has 1 saturated heterocycles. The van der Waals surface area contributed by atoms with Crippen LogP contribution >= 0.6 is 0 Å². The van der Waals surface area contributed by atoms with Gasteiger partial charge in [-0.2, -0.15) is 5.10 Å². The minimum absolute atomic E-state index is 0.111. The zero-order chi connectivity index (χ0) is 26.5. The quantitative estimate of drug-likeness (QED) is 0.432. The van der Waals surface area contributed by atoms with Gasteiger partial charge >= 0.3 is 0 Å². The minimum Gasteiger partial charge on any atom is -0.497 e. The molecule has 0 radical (unpaired) electrons. The number of carbonyl (C=O) groups excluding carboxylic acids is 2. The monoisotopic (exact) mass is 519 g/mol. The molecule has 1 fully saturated rings. The van der Waals surface area contributed by atoms with Crippen LogP contribution in [-0.2, 0) is 16.6 Å². The number of hydrogen-bond acceptors (Lipinski definition) is 7. The number of methoxy groups -OCH3 is 1. The molecule has 0 N–H and O–H groups in total. The smallest absolute Gasteiger partial charge is 0.290 e. The largest absolute Gasteiger partial charge is 0.497 e. The molecule has 1 aromatic carbocycles. The van der Waals surface area contributed by atoms with E-state index in [9.17, 15) is 9.59 Å². The molecule has 0 aliphatic carbocycles. The third-order valence-electron chi connectivity index (χ3n) is 7.04. The molecule has 0 bridgehead atoms. The number of rotatable bonds is 9. The molecule has 200 valence electrons. The number of benzene rings is 1. The van der Waals surface area contributed by atoms with E-state index in [1.165, 1.54) is 11.3 Å². The van der Waals surface area contributed by atoms with Crippen molar-refractivity contribution < 1.29 is 23.5 Å². The van der Waals surface area contributed by atoms with Crippen LogP contribution in [0.2, 0.25) is 0 Å². The average molecular weight is 520 g/mol. The van der Waals surface area contributed by atoms with Crippen LogP contribution in [0.25, 0.3) is 0 Å². The fourth-order valence-electron chi connectivity index (χ4n) is 4.87. The molecule has 38 heavy (non-hydrogen) atoms. The van der Waals surface area contributed by atoms with E-state index >= 15 is 0 Å². The maximum Gasteiger partial charge on any atom is 0.290 e. The average Bonchev–Trinajstić information content (AvgIpc) is 3.72. The van der Waals surface area contributed by atoms with Gasteiger partial charge in [-0.05, 0) is 42.0 Å². The van der Waals surface area contributed by atoms with E-state index in [4.69, 9.17) is 19.0 Å². The van der Waals surface area contributed by atoms with Crippen molar-refractivity contribution in [3.8, 4) is 5.75 Å². The Labute approximate surface area is 222 Å². The van der Waals surface area contributed by atoms with Crippen molar-refractivity contribution >= 4 is 17.5 Å². The molecule has 4 heterocycles. The maximum absolute atomic E-state index is 13.8. The van der Waals surface area contributed by atoms with E-state index in [0.717, 1.165) is 35.8 Å². The van der Waals surface area contributed by atoms with Crippen molar-refractivity contribution in [2.45, 2.75) is 12.5 Å². The van der Waals surface area contributed by atoms with Gasteiger partial charge in [-0.15, -0.1) is 0 Å². The van der Waals surface area contributed by atoms with Crippen molar-refractivity contribution in [1.29, 1.82) is 0 Å². The van der Waals surface area contributed by atoms with Crippen LogP contribution in [-0.4, -0.2) is 89.9 Å². The highest BCUT2D eigenvalue weighted by atomic mass is 16.5. The van der Waals surface area contributed by atoms with Gasteiger partial charge < -0.3 is 23.4 Å². The van der Waals surface area contributed by atoms with Gasteiger partial charge in [0.1, 0.15) is 12.3 Å². The molecule has 0 saturated carbocycles. The van der Waals surface area contributed by atoms with Gasteiger partial charge in [-0.25, -0.2) is 5.01 Å². The fourth-order valence-corrected chi connectivity index (χ4v) is 4.87. The summed E-state index contributed by atoms with van der Waals surface area (Å²) in [5, 5.41) is 6.31. The highest BCUT2D eigenvalue weighted by Gasteiger charge is 2.35. The first-order valence-electron chi connectivity index (χ1n) is 12.8. The normalized spacial score (nSPS) is 17.9. The number of aromatic nitrogens is 1. The summed E-state index contributed by atoms with van der Waals surface area (Å²) in [6, 6.07) is 14.6. The lowest BCUT2D eigenvalue weighted by atomic mass is 10.0. The molecular weight excluding hydrogens is 486 g/mol. The van der Waals surface area contributed by atoms with Crippen LogP contribution in [0, 0.1) is 0 Å². The van der Waals surface area contributed by atoms with Crippen LogP contribution in [0.1, 0.15) is 34.3 Å². The number of nitrogens with zero attached hydrogens (tertiary/aromatic N) is 5. The van der Waals surface area contributed by atoms with E-state index in [0.29, 0.717) is 32.7 Å². The summed E-state index contributed by atoms with van der Waals surface area (Å²) >= 11 is 0. The number of hydrazone groups is 1. The van der Waals surface area contributed by atoms with Crippen LogP contribution in [0.3, 0.4) is 0 Å². The summed E-state index contributed by atoms with van der Waals surface area (Å²) < 4.78 is 18.1. The molecule has 1 atom stereocenters. The third kappa shape index (κ3) is 5.66. The highest BCUT2D eigenvalue weighted by molar-refractivity contribution is 6.02. The summed E-state index contributed by atoms with van der Waals surface area (Å²) in [6.45, 7) is 3.85. The van der Waals surface area contributed by atoms with Gasteiger partial charge in [0.15, 0.2) is 5.76 Å². The summed E-state index contributed by atoms with van der Waals surface area (Å²) in [6.07, 6.45) is 3.99. The lowest BCUT2D eigenvalue weighted by Gasteiger charge is -2.30. The van der Waals surface area contributed by atoms with Crippen molar-refractivity contribution in [2.75, 3.05) is 53.0 Å². The standard InChI is InChI=1S/C28H33N5O5/c1-30-11-3-5-24(30)23-19-25(21-7-9-22(36-2)10-8-21)33(29-23)27(34)20-32(28(35)26-6-4-16-38-26)13-12-31-14-17-37-18-15-31/h3-11,16,25H,12-15,17-20H2,1-2H3. The summed E-state index contributed by atoms with van der Waals surface area (Å²) in [4.78, 5) is 30.9. The molecular formula is C28H33N5O5. The number of morpholine rings is 1. The third-order valence-corrected chi connectivity index (χ3v) is 7.04. The summed E-state index contributed by atoms with van der Waals surface area (Å²) in [5.74, 6) is 0.382. The van der Waals surface area contributed by atoms with Crippen LogP contribution in [0.5, 0.6) is 5.75 Å². The second kappa shape index (κ2) is 11.7. The molecule has 2 aliphatic heterocycles. The fraction of sp³-hybridized carbons (Fsp3) is 0.393. The Balaban J connectivity index is 1.39. The number of carbonyl (C=O) groups is 2. The van der Waals surface area contributed by atoms with Crippen LogP contribution in [0.15, 0.2) is 70.5 Å². The minimum atomic E-state index is -0.316. The van der Waals surface area contributed by atoms with E-state index in [1.807, 2.05) is 54.2 Å². The van der Waals surface area contributed by atoms with E-state index in [2.05, 4.69) is 4.90 Å². The number of aryl methyl sites for hydroxylation is 1. The Bertz CT molecular complexity index is 1260. The maximum atomic E-state index is 13.8. The van der Waals surface area contributed by atoms with Gasteiger partial charge in [-0.3, -0.25) is 14.5 Å². The first-order chi connectivity index (χ1) is 18.5. The van der Waals surface area contributed by atoms with Gasteiger partial charge in [0.05, 0.1) is 44.0 Å². The summed E-state index contributed by atoms with van der Waals surface area (Å²) in [5.41, 5.74) is 2.72. The van der Waals surface area contributed by atoms with Crippen molar-refractivity contribution in [3.05, 3.63) is 78.0 Å². The molecule has 2 aromatic heterocycles. The number of hydrogen-bond donors (Lipinski definition) is 0. The molecule has 2 aliphatic rings. The van der Waals surface area contributed by atoms with Gasteiger partial charge in [-0.1, -0.05) is 12.1 Å². The van der Waals surface area contributed by atoms with Crippen molar-refractivity contribution in [2.24, 2.45) is 12.1 Å². The Hall–Kier alpha value is -3.89. The van der Waals surface area contributed by atoms with Gasteiger partial charge in [0.25, 0.3) is 11.8 Å². The topological polar surface area (TPSA) is 92.8 Å². The predicted octanol–water partition coefficient (Wildman–Crippen LogP) is 2.78. The summed E-state index contributed by atoms with van der Waals surface area (Å²) in [7, 11) is 3.58. The Morgan fingerprint density at radius 1 is 1.11 bits per heavy atom. The highest BCUT2D eigenvalue weighted by Crippen LogP contribution is 2.34. The Morgan fingerprint density at radius 2 is 1.89 bits per heavy atom. The zero-order valence-corrected chi connectivity index (χ0v) is 21.8. The Kier molecular flexibility index (Phi) is 7.90. The number of furan rings is 1. The van der Waals surface area contributed by atoms with Gasteiger partial charge in [0, 0.05) is 45.8 Å². The molecule has 5 rings (SSSR count). The molecule has 10 heteroatoms. The first kappa shape index (κ1) is 25.7. The molecule has 3 aromatic rings. The zero-order valence-electron chi connectivity index (χ0n) is 21.8. The lowest BCUT2D eigenvalue weighted by molar-refractivity contribution is -0.133. The van der Waals surface area contributed by atoms with E-state index < -0.39 is 0 Å². The lowest BCUT2D eigenvalue weighted by Crippen LogP contribution is -2.46. The van der Waals surface area contributed by atoms with Crippen molar-refractivity contribution in [1.82, 2.24) is 19.4 Å². The second-order valence-electron chi connectivity index (χ2n) is 9.44. The molecule has 1 unspecified atom stereocenters. The second-order valence-corrected chi connectivity index (χ2v) is 9.44. The molecule has 2 amide bonds. The number of amides is 2. The predicted molar refractivity (Wildman–Crippen MR) is 141 cm³/mol. The van der Waals surface area contributed by atoms with Gasteiger partial charge in [0.2, 0.25) is 0 Å². The van der Waals surface area contributed by atoms with E-state index in [1.54, 1.807) is 24.1 Å². The number of ether oxygens (including phenoxy) is 2. The van der Waals surface area contributed by atoms with Crippen LogP contribution in [0.4, 0.5) is 0 Å². The first-order valence-corrected chi connectivity index (χ1v) is 12.8. The Morgan fingerprint density at radius 3 is 2.55 bits per heavy atom. The molecule has 10 nitrogen and oxygen atoms in total. The van der Waals surface area contributed by atoms with Crippen LogP contribution < -0.4 is 4.74 Å². The van der Waals surface area contributed by atoms with E-state index in [-0.39, 0.29) is 30.2 Å².